The molecule has 5 heteroatoms. The van der Waals surface area contributed by atoms with E-state index in [0.29, 0.717) is 6.41 Å². The Morgan fingerprint density at radius 2 is 2.57 bits per heavy atom. The van der Waals surface area contributed by atoms with Crippen molar-refractivity contribution in [3.05, 3.63) is 0 Å². The van der Waals surface area contributed by atoms with Crippen molar-refractivity contribution in [2.75, 3.05) is 7.11 Å². The minimum Gasteiger partial charge on any atom is -0.299 e. The highest BCUT2D eigenvalue weighted by Gasteiger charge is 1.89. The van der Waals surface area contributed by atoms with Gasteiger partial charge in [-0.15, -0.1) is 0 Å². The van der Waals surface area contributed by atoms with Crippen LogP contribution >= 0.6 is 25.0 Å². The Morgan fingerprint density at radius 3 is 2.71 bits per heavy atom. The van der Waals surface area contributed by atoms with Gasteiger partial charge in [0.05, 0.1) is 7.11 Å². The van der Waals surface area contributed by atoms with E-state index in [9.17, 15) is 4.79 Å². The first-order chi connectivity index (χ1) is 3.31. The summed E-state index contributed by atoms with van der Waals surface area (Å²) in [7, 11) is 1.46. The van der Waals surface area contributed by atoms with Crippen LogP contribution in [0.3, 0.4) is 0 Å². The number of hydrogen-bond donors (Lipinski definition) is 1. The maximum Gasteiger partial charge on any atom is 0.231 e. The van der Waals surface area contributed by atoms with E-state index < -0.39 is 0 Å². The fourth-order valence-electron chi connectivity index (χ4n) is 0.0939. The molecule has 0 N–H and O–H groups in total. The number of thiol groups is 1. The van der Waals surface area contributed by atoms with E-state index in [-0.39, 0.29) is 0 Å². The quantitative estimate of drug-likeness (QED) is 0.267. The summed E-state index contributed by atoms with van der Waals surface area (Å²) in [6.45, 7) is 0. The number of amides is 1. The molecule has 0 aromatic heterocycles. The largest absolute Gasteiger partial charge is 0.299 e. The molecular weight excluding hydrogens is 134 g/mol. The summed E-state index contributed by atoms with van der Waals surface area (Å²) in [6, 6.07) is 0. The van der Waals surface area contributed by atoms with Gasteiger partial charge in [-0.1, -0.05) is 12.8 Å². The van der Waals surface area contributed by atoms with Crippen molar-refractivity contribution in [1.82, 2.24) is 3.71 Å². The predicted molar refractivity (Wildman–Crippen MR) is 31.5 cm³/mol. The standard InChI is InChI=1S/C2H5NO2S2/c1-5-7-3(6)2-4/h2,6H,1H3. The molecule has 0 bridgehead atoms. The molecule has 0 saturated carbocycles. The Kier molecular flexibility index (Phi) is 4.37. The molecule has 0 aliphatic heterocycles. The van der Waals surface area contributed by atoms with Gasteiger partial charge in [0.25, 0.3) is 0 Å². The lowest BCUT2D eigenvalue weighted by Crippen LogP contribution is -1.96. The van der Waals surface area contributed by atoms with Crippen LogP contribution in [-0.4, -0.2) is 17.2 Å². The smallest absolute Gasteiger partial charge is 0.231 e. The van der Waals surface area contributed by atoms with Gasteiger partial charge in [-0.25, -0.2) is 3.71 Å². The minimum absolute atomic E-state index is 0.539. The summed E-state index contributed by atoms with van der Waals surface area (Å²) in [5, 5.41) is 0. The zero-order valence-corrected chi connectivity index (χ0v) is 5.41. The van der Waals surface area contributed by atoms with Crippen molar-refractivity contribution in [2.45, 2.75) is 0 Å². The van der Waals surface area contributed by atoms with E-state index in [1.165, 1.54) is 7.11 Å². The van der Waals surface area contributed by atoms with E-state index >= 15 is 0 Å². The van der Waals surface area contributed by atoms with E-state index in [1.54, 1.807) is 0 Å². The first kappa shape index (κ1) is 7.13. The first-order valence-corrected chi connectivity index (χ1v) is 2.55. The number of nitrogens with zero attached hydrogens (tertiary/aromatic N) is 1. The van der Waals surface area contributed by atoms with Gasteiger partial charge in [0.2, 0.25) is 6.41 Å². The molecule has 0 saturated heterocycles. The molecule has 0 aliphatic carbocycles. The lowest BCUT2D eigenvalue weighted by molar-refractivity contribution is -0.111. The van der Waals surface area contributed by atoms with E-state index in [2.05, 4.69) is 17.0 Å². The van der Waals surface area contributed by atoms with Gasteiger partial charge < -0.3 is 0 Å². The second-order valence-electron chi connectivity index (χ2n) is 0.649. The highest BCUT2D eigenvalue weighted by atomic mass is 32.2. The number of rotatable bonds is 3. The topological polar surface area (TPSA) is 29.5 Å². The first-order valence-electron chi connectivity index (χ1n) is 1.45. The van der Waals surface area contributed by atoms with Crippen molar-refractivity contribution in [2.24, 2.45) is 0 Å². The Balaban J connectivity index is 2.98. The van der Waals surface area contributed by atoms with Gasteiger partial charge in [0.1, 0.15) is 12.2 Å². The van der Waals surface area contributed by atoms with Crippen molar-refractivity contribution >= 4 is 31.5 Å². The van der Waals surface area contributed by atoms with Crippen LogP contribution in [0.2, 0.25) is 0 Å². The zero-order chi connectivity index (χ0) is 5.70. The van der Waals surface area contributed by atoms with E-state index in [1.807, 2.05) is 0 Å². The van der Waals surface area contributed by atoms with Crippen LogP contribution < -0.4 is 0 Å². The fraction of sp³-hybridized carbons (Fsp3) is 0.500. The number of carbonyl (C=O) groups excluding carboxylic acids is 1. The Hall–Kier alpha value is 0.130. The second-order valence-corrected chi connectivity index (χ2v) is 2.23. The highest BCUT2D eigenvalue weighted by Crippen LogP contribution is 2.07. The summed E-state index contributed by atoms with van der Waals surface area (Å²) in [6.07, 6.45) is 0.539. The molecule has 0 aliphatic rings. The maximum absolute atomic E-state index is 9.64. The fourth-order valence-corrected chi connectivity index (χ4v) is 0.482. The summed E-state index contributed by atoms with van der Waals surface area (Å²) >= 11 is 4.47. The summed E-state index contributed by atoms with van der Waals surface area (Å²) in [5.74, 6) is 0. The van der Waals surface area contributed by atoms with Crippen molar-refractivity contribution in [3.8, 4) is 0 Å². The molecule has 0 spiro atoms. The van der Waals surface area contributed by atoms with Gasteiger partial charge in [-0.2, -0.15) is 0 Å². The van der Waals surface area contributed by atoms with Crippen LogP contribution in [0, 0.1) is 0 Å². The Bertz CT molecular complexity index is 59.7. The van der Waals surface area contributed by atoms with Crippen molar-refractivity contribution in [3.63, 3.8) is 0 Å². The predicted octanol–water partition coefficient (Wildman–Crippen LogP) is 0.499. The van der Waals surface area contributed by atoms with E-state index in [4.69, 9.17) is 0 Å². The molecular formula is C2H5NO2S2. The molecule has 7 heavy (non-hydrogen) atoms. The van der Waals surface area contributed by atoms with Gasteiger partial charge in [-0.05, 0) is 0 Å². The lowest BCUT2D eigenvalue weighted by atomic mass is 11.5. The zero-order valence-electron chi connectivity index (χ0n) is 3.70. The van der Waals surface area contributed by atoms with E-state index in [0.717, 1.165) is 15.9 Å². The third-order valence-electron chi connectivity index (χ3n) is 0.241. The minimum atomic E-state index is 0.539. The maximum atomic E-state index is 9.64. The lowest BCUT2D eigenvalue weighted by Gasteiger charge is -2.00. The average Bonchev–Trinajstić information content (AvgIpc) is 1.68. The number of hydrogen-bond acceptors (Lipinski definition) is 4. The average molecular weight is 139 g/mol. The monoisotopic (exact) mass is 139 g/mol. The Labute approximate surface area is 51.9 Å². The number of carbonyl (C=O) groups is 1. The third-order valence-corrected chi connectivity index (χ3v) is 0.923. The molecule has 42 valence electrons. The molecule has 3 nitrogen and oxygen atoms in total. The Morgan fingerprint density at radius 1 is 2.00 bits per heavy atom. The normalized spacial score (nSPS) is 8.29. The second kappa shape index (κ2) is 4.29. The summed E-state index contributed by atoms with van der Waals surface area (Å²) < 4.78 is 5.44. The molecule has 0 aromatic carbocycles. The van der Waals surface area contributed by atoms with Gasteiger partial charge in [0.15, 0.2) is 0 Å². The molecule has 0 rings (SSSR count). The molecule has 0 atom stereocenters. The third kappa shape index (κ3) is 3.97. The van der Waals surface area contributed by atoms with Crippen LogP contribution in [0.1, 0.15) is 0 Å². The van der Waals surface area contributed by atoms with Gasteiger partial charge >= 0.3 is 0 Å². The van der Waals surface area contributed by atoms with Crippen LogP contribution in [0.15, 0.2) is 0 Å². The molecule has 0 aromatic rings. The van der Waals surface area contributed by atoms with Crippen LogP contribution in [-0.2, 0) is 8.98 Å². The molecule has 0 radical (unpaired) electrons. The van der Waals surface area contributed by atoms with Crippen LogP contribution in [0.5, 0.6) is 0 Å². The molecule has 0 fully saturated rings. The molecule has 1 amide bonds. The SMILES string of the molecule is COSN(S)C=O. The van der Waals surface area contributed by atoms with Crippen molar-refractivity contribution in [1.29, 1.82) is 0 Å². The van der Waals surface area contributed by atoms with Gasteiger partial charge in [0, 0.05) is 0 Å². The summed E-state index contributed by atoms with van der Waals surface area (Å²) in [5.41, 5.74) is 0. The van der Waals surface area contributed by atoms with Gasteiger partial charge in [-0.3, -0.25) is 8.98 Å². The van der Waals surface area contributed by atoms with Crippen molar-refractivity contribution < 1.29 is 8.98 Å². The molecule has 0 heterocycles. The van der Waals surface area contributed by atoms with Crippen LogP contribution in [0.25, 0.3) is 0 Å². The summed E-state index contributed by atoms with van der Waals surface area (Å²) in [4.78, 5) is 9.64. The van der Waals surface area contributed by atoms with Crippen LogP contribution in [0.4, 0.5) is 0 Å². The highest BCUT2D eigenvalue weighted by molar-refractivity contribution is 8.02. The molecule has 0 unspecified atom stereocenters.